The Bertz CT molecular complexity index is 616. The molecule has 1 unspecified atom stereocenters. The summed E-state index contributed by atoms with van der Waals surface area (Å²) in [6, 6.07) is 10.3. The van der Waals surface area contributed by atoms with Crippen molar-refractivity contribution in [2.24, 2.45) is 0 Å². The maximum atomic E-state index is 12.3. The Morgan fingerprint density at radius 3 is 2.52 bits per heavy atom. The Hall–Kier alpha value is -1.40. The Morgan fingerprint density at radius 2 is 1.91 bits per heavy atom. The lowest BCUT2D eigenvalue weighted by atomic mass is 10.1. The topological polar surface area (TPSA) is 57.7 Å². The van der Waals surface area contributed by atoms with E-state index in [1.807, 2.05) is 32.0 Å². The third kappa shape index (κ3) is 5.32. The number of hydrogen-bond acceptors (Lipinski definition) is 4. The van der Waals surface area contributed by atoms with Gasteiger partial charge in [0.1, 0.15) is 5.75 Å². The van der Waals surface area contributed by atoms with Gasteiger partial charge in [0.25, 0.3) is 0 Å². The van der Waals surface area contributed by atoms with Crippen molar-refractivity contribution in [3.05, 3.63) is 35.9 Å². The van der Waals surface area contributed by atoms with Gasteiger partial charge in [-0.25, -0.2) is 8.42 Å². The van der Waals surface area contributed by atoms with E-state index in [9.17, 15) is 13.2 Å². The van der Waals surface area contributed by atoms with Crippen LogP contribution in [0, 0.1) is 0 Å². The number of rotatable bonds is 6. The highest BCUT2D eigenvalue weighted by Crippen LogP contribution is 2.14. The van der Waals surface area contributed by atoms with Gasteiger partial charge in [-0.05, 0) is 18.9 Å². The fourth-order valence-corrected chi connectivity index (χ4v) is 4.35. The van der Waals surface area contributed by atoms with Gasteiger partial charge in [-0.3, -0.25) is 9.69 Å². The minimum atomic E-state index is -3.27. The van der Waals surface area contributed by atoms with Crippen LogP contribution in [0.3, 0.4) is 0 Å². The largest absolute Gasteiger partial charge is 0.337 e. The summed E-state index contributed by atoms with van der Waals surface area (Å²) in [5.74, 6) is -0.532. The van der Waals surface area contributed by atoms with Crippen LogP contribution in [0.15, 0.2) is 30.3 Å². The Balaban J connectivity index is 1.90. The molecule has 0 spiro atoms. The molecule has 1 saturated heterocycles. The van der Waals surface area contributed by atoms with Crippen molar-refractivity contribution in [3.8, 4) is 0 Å². The zero-order valence-corrected chi connectivity index (χ0v) is 14.8. The van der Waals surface area contributed by atoms with Crippen molar-refractivity contribution in [2.45, 2.75) is 32.9 Å². The molecule has 0 aromatic heterocycles. The molecular weight excluding hydrogens is 312 g/mol. The van der Waals surface area contributed by atoms with Gasteiger partial charge in [0.05, 0.1) is 5.75 Å². The molecule has 1 heterocycles. The van der Waals surface area contributed by atoms with E-state index in [1.54, 1.807) is 4.90 Å². The molecule has 1 amide bonds. The van der Waals surface area contributed by atoms with Gasteiger partial charge >= 0.3 is 0 Å². The van der Waals surface area contributed by atoms with Crippen molar-refractivity contribution >= 4 is 15.7 Å². The normalized spacial score (nSPS) is 19.7. The molecular formula is C17H26N2O3S. The van der Waals surface area contributed by atoms with Crippen molar-refractivity contribution in [1.29, 1.82) is 0 Å². The van der Waals surface area contributed by atoms with Crippen LogP contribution in [0.2, 0.25) is 0 Å². The maximum absolute atomic E-state index is 12.3. The highest BCUT2D eigenvalue weighted by molar-refractivity contribution is 7.92. The first-order chi connectivity index (χ1) is 10.9. The standard InChI is InChI=1S/C17H26N2O3S/c1-3-11-23(21,22)14-17(20)19-10-9-18(12-15(19)2)13-16-7-5-4-6-8-16/h4-8,15H,3,9-14H2,1-2H3. The van der Waals surface area contributed by atoms with Crippen LogP contribution in [0.5, 0.6) is 0 Å². The summed E-state index contributed by atoms with van der Waals surface area (Å²) in [5, 5.41) is 0. The average Bonchev–Trinajstić information content (AvgIpc) is 2.47. The summed E-state index contributed by atoms with van der Waals surface area (Å²) >= 11 is 0. The fourth-order valence-electron chi connectivity index (χ4n) is 3.04. The van der Waals surface area contributed by atoms with Crippen molar-refractivity contribution in [1.82, 2.24) is 9.80 Å². The SMILES string of the molecule is CCCS(=O)(=O)CC(=O)N1CCN(Cc2ccccc2)CC1C. The van der Waals surface area contributed by atoms with Crippen LogP contribution in [-0.2, 0) is 21.2 Å². The molecule has 1 aromatic rings. The first-order valence-corrected chi connectivity index (χ1v) is 9.99. The molecule has 1 aliphatic rings. The molecule has 23 heavy (non-hydrogen) atoms. The lowest BCUT2D eigenvalue weighted by Gasteiger charge is -2.40. The van der Waals surface area contributed by atoms with Crippen LogP contribution in [-0.4, -0.2) is 61.3 Å². The molecule has 6 heteroatoms. The van der Waals surface area contributed by atoms with E-state index in [0.29, 0.717) is 13.0 Å². The molecule has 1 aromatic carbocycles. The molecule has 0 radical (unpaired) electrons. The fraction of sp³-hybridized carbons (Fsp3) is 0.588. The zero-order valence-electron chi connectivity index (χ0n) is 13.9. The second-order valence-corrected chi connectivity index (χ2v) is 8.43. The van der Waals surface area contributed by atoms with E-state index < -0.39 is 9.84 Å². The number of hydrogen-bond donors (Lipinski definition) is 0. The third-order valence-corrected chi connectivity index (χ3v) is 5.86. The number of amides is 1. The highest BCUT2D eigenvalue weighted by Gasteiger charge is 2.29. The van der Waals surface area contributed by atoms with Gasteiger partial charge in [-0.1, -0.05) is 37.3 Å². The molecule has 1 atom stereocenters. The van der Waals surface area contributed by atoms with Gasteiger partial charge in [0.2, 0.25) is 5.91 Å². The van der Waals surface area contributed by atoms with Crippen molar-refractivity contribution in [2.75, 3.05) is 31.1 Å². The van der Waals surface area contributed by atoms with E-state index in [-0.39, 0.29) is 23.5 Å². The van der Waals surface area contributed by atoms with Gasteiger partial charge in [0.15, 0.2) is 9.84 Å². The summed E-state index contributed by atoms with van der Waals surface area (Å²) in [5.41, 5.74) is 1.25. The quantitative estimate of drug-likeness (QED) is 0.789. The average molecular weight is 338 g/mol. The lowest BCUT2D eigenvalue weighted by molar-refractivity contribution is -0.132. The Labute approximate surface area is 139 Å². The molecule has 0 saturated carbocycles. The summed E-state index contributed by atoms with van der Waals surface area (Å²) in [6.07, 6.45) is 0.552. The summed E-state index contributed by atoms with van der Waals surface area (Å²) in [6.45, 7) is 6.80. The second-order valence-electron chi connectivity index (χ2n) is 6.25. The number of carbonyl (C=O) groups excluding carboxylic acids is 1. The van der Waals surface area contributed by atoms with Crippen molar-refractivity contribution in [3.63, 3.8) is 0 Å². The molecule has 1 aliphatic heterocycles. The summed E-state index contributed by atoms with van der Waals surface area (Å²) in [7, 11) is -3.27. The van der Waals surface area contributed by atoms with Crippen molar-refractivity contribution < 1.29 is 13.2 Å². The molecule has 0 bridgehead atoms. The van der Waals surface area contributed by atoms with E-state index in [1.165, 1.54) is 5.56 Å². The number of nitrogens with zero attached hydrogens (tertiary/aromatic N) is 2. The molecule has 0 N–H and O–H groups in total. The monoisotopic (exact) mass is 338 g/mol. The molecule has 128 valence electrons. The Kier molecular flexibility index (Phi) is 6.18. The maximum Gasteiger partial charge on any atom is 0.238 e. The third-order valence-electron chi connectivity index (χ3n) is 4.14. The van der Waals surface area contributed by atoms with Gasteiger partial charge < -0.3 is 4.90 Å². The number of piperazine rings is 1. The van der Waals surface area contributed by atoms with Gasteiger partial charge in [0, 0.05) is 32.2 Å². The lowest BCUT2D eigenvalue weighted by Crippen LogP contribution is -2.54. The number of benzene rings is 1. The predicted molar refractivity (Wildman–Crippen MR) is 91.8 cm³/mol. The zero-order chi connectivity index (χ0) is 16.9. The Morgan fingerprint density at radius 1 is 1.22 bits per heavy atom. The number of sulfone groups is 1. The predicted octanol–water partition coefficient (Wildman–Crippen LogP) is 1.54. The van der Waals surface area contributed by atoms with Crippen LogP contribution in [0.1, 0.15) is 25.8 Å². The smallest absolute Gasteiger partial charge is 0.238 e. The number of carbonyl (C=O) groups is 1. The minimum Gasteiger partial charge on any atom is -0.337 e. The second kappa shape index (κ2) is 7.93. The van der Waals surface area contributed by atoms with E-state index in [4.69, 9.17) is 0 Å². The van der Waals surface area contributed by atoms with Crippen LogP contribution < -0.4 is 0 Å². The minimum absolute atomic E-state index is 0.0387. The van der Waals surface area contributed by atoms with Crippen LogP contribution >= 0.6 is 0 Å². The van der Waals surface area contributed by atoms with Crippen LogP contribution in [0.4, 0.5) is 0 Å². The molecule has 5 nitrogen and oxygen atoms in total. The van der Waals surface area contributed by atoms with E-state index in [2.05, 4.69) is 17.0 Å². The van der Waals surface area contributed by atoms with Crippen LogP contribution in [0.25, 0.3) is 0 Å². The molecule has 0 aliphatic carbocycles. The van der Waals surface area contributed by atoms with Gasteiger partial charge in [-0.2, -0.15) is 0 Å². The molecule has 1 fully saturated rings. The summed E-state index contributed by atoms with van der Waals surface area (Å²) < 4.78 is 23.7. The summed E-state index contributed by atoms with van der Waals surface area (Å²) in [4.78, 5) is 16.3. The molecule has 2 rings (SSSR count). The highest BCUT2D eigenvalue weighted by atomic mass is 32.2. The van der Waals surface area contributed by atoms with Gasteiger partial charge in [-0.15, -0.1) is 0 Å². The van der Waals surface area contributed by atoms with E-state index in [0.717, 1.165) is 19.6 Å². The van der Waals surface area contributed by atoms with E-state index >= 15 is 0 Å². The first-order valence-electron chi connectivity index (χ1n) is 8.17. The first kappa shape index (κ1) is 17.9.